The molecule has 6 heteroatoms. The summed E-state index contributed by atoms with van der Waals surface area (Å²) < 4.78 is 23.6. The van der Waals surface area contributed by atoms with Crippen LogP contribution in [0.1, 0.15) is 6.92 Å². The van der Waals surface area contributed by atoms with Gasteiger partial charge < -0.3 is 0 Å². The van der Waals surface area contributed by atoms with Crippen molar-refractivity contribution >= 4 is 39.9 Å². The van der Waals surface area contributed by atoms with Crippen molar-refractivity contribution in [1.29, 1.82) is 0 Å². The van der Waals surface area contributed by atoms with Crippen LogP contribution in [0.15, 0.2) is 0 Å². The van der Waals surface area contributed by atoms with Crippen molar-refractivity contribution in [2.45, 2.75) is 6.92 Å². The van der Waals surface area contributed by atoms with Crippen LogP contribution in [-0.4, -0.2) is 44.6 Å². The third-order valence-electron chi connectivity index (χ3n) is 0.282. The van der Waals surface area contributed by atoms with Crippen molar-refractivity contribution in [3.8, 4) is 0 Å². The van der Waals surface area contributed by atoms with Crippen LogP contribution in [0.3, 0.4) is 0 Å². The van der Waals surface area contributed by atoms with Crippen molar-refractivity contribution in [3.63, 3.8) is 0 Å². The molecule has 0 spiro atoms. The molecule has 0 aliphatic carbocycles. The summed E-state index contributed by atoms with van der Waals surface area (Å²) in [7, 11) is -3.67. The molecule has 0 saturated carbocycles. The van der Waals surface area contributed by atoms with E-state index in [1.165, 1.54) is 0 Å². The fraction of sp³-hybridized carbons (Fsp3) is 1.00. The summed E-state index contributed by atoms with van der Waals surface area (Å²) >= 11 is 0. The minimum absolute atomic E-state index is 0. The number of rotatable bonds is 2. The first-order chi connectivity index (χ1) is 3.06. The van der Waals surface area contributed by atoms with E-state index >= 15 is 0 Å². The normalized spacial score (nSPS) is 10.2. The molecular formula is C2H8NNaO3S. The van der Waals surface area contributed by atoms with Crippen molar-refractivity contribution < 1.29 is 12.6 Å². The summed E-state index contributed by atoms with van der Waals surface area (Å²) in [5.74, 6) is 0. The molecule has 0 fully saturated rings. The second-order valence-corrected chi connectivity index (χ2v) is 2.12. The summed E-state index contributed by atoms with van der Waals surface area (Å²) in [6, 6.07) is 0. The van der Waals surface area contributed by atoms with E-state index in [-0.39, 0.29) is 36.2 Å². The predicted molar refractivity (Wildman–Crippen MR) is 31.9 cm³/mol. The molecule has 0 aliphatic rings. The Morgan fingerprint density at radius 3 is 2.00 bits per heavy atom. The molecule has 0 aromatic heterocycles. The Morgan fingerprint density at radius 2 is 2.00 bits per heavy atom. The molecule has 0 aromatic rings. The van der Waals surface area contributed by atoms with Crippen LogP contribution < -0.4 is 5.14 Å². The van der Waals surface area contributed by atoms with Crippen molar-refractivity contribution in [3.05, 3.63) is 0 Å². The Labute approximate surface area is 70.9 Å². The van der Waals surface area contributed by atoms with E-state index in [9.17, 15) is 8.42 Å². The van der Waals surface area contributed by atoms with E-state index in [0.29, 0.717) is 0 Å². The zero-order chi connectivity index (χ0) is 5.91. The summed E-state index contributed by atoms with van der Waals surface area (Å²) in [6.07, 6.45) is 0. The van der Waals surface area contributed by atoms with Gasteiger partial charge in [0.05, 0.1) is 6.61 Å². The van der Waals surface area contributed by atoms with Gasteiger partial charge in [-0.1, -0.05) is 0 Å². The summed E-state index contributed by atoms with van der Waals surface area (Å²) in [6.45, 7) is 1.64. The molecule has 0 heterocycles. The topological polar surface area (TPSA) is 69.4 Å². The zero-order valence-electron chi connectivity index (χ0n) is 3.92. The summed E-state index contributed by atoms with van der Waals surface area (Å²) in [4.78, 5) is 0. The van der Waals surface area contributed by atoms with Gasteiger partial charge in [0, 0.05) is 0 Å². The van der Waals surface area contributed by atoms with Crippen LogP contribution in [0, 0.1) is 0 Å². The number of hydrogen-bond acceptors (Lipinski definition) is 3. The van der Waals surface area contributed by atoms with Crippen LogP contribution in [0.2, 0.25) is 0 Å². The maximum absolute atomic E-state index is 9.79. The molecule has 0 radical (unpaired) electrons. The Morgan fingerprint density at radius 1 is 1.62 bits per heavy atom. The maximum atomic E-state index is 9.79. The fourth-order valence-electron chi connectivity index (χ4n) is 0.164. The average molecular weight is 149 g/mol. The van der Waals surface area contributed by atoms with Crippen LogP contribution >= 0.6 is 0 Å². The molecule has 0 aliphatic heterocycles. The van der Waals surface area contributed by atoms with Gasteiger partial charge in [-0.25, -0.2) is 5.14 Å². The van der Waals surface area contributed by atoms with E-state index in [0.717, 1.165) is 0 Å². The Bertz CT molecular complexity index is 130. The molecule has 0 aromatic carbocycles. The van der Waals surface area contributed by atoms with Crippen molar-refractivity contribution in [2.24, 2.45) is 5.14 Å². The zero-order valence-corrected chi connectivity index (χ0v) is 4.73. The van der Waals surface area contributed by atoms with Crippen LogP contribution in [0.4, 0.5) is 0 Å². The molecule has 0 bridgehead atoms. The number of hydrogen-bond donors (Lipinski definition) is 1. The van der Waals surface area contributed by atoms with Crippen LogP contribution in [0.5, 0.6) is 0 Å². The van der Waals surface area contributed by atoms with Crippen molar-refractivity contribution in [1.82, 2.24) is 0 Å². The van der Waals surface area contributed by atoms with Gasteiger partial charge in [0.1, 0.15) is 0 Å². The van der Waals surface area contributed by atoms with Gasteiger partial charge in [-0.15, -0.1) is 0 Å². The van der Waals surface area contributed by atoms with Gasteiger partial charge in [0.15, 0.2) is 0 Å². The Hall–Kier alpha value is 0.870. The van der Waals surface area contributed by atoms with E-state index in [4.69, 9.17) is 0 Å². The van der Waals surface area contributed by atoms with Gasteiger partial charge in [-0.3, -0.25) is 4.18 Å². The van der Waals surface area contributed by atoms with Crippen molar-refractivity contribution in [2.75, 3.05) is 6.61 Å². The Kier molecular flexibility index (Phi) is 6.87. The molecule has 0 saturated heterocycles. The standard InChI is InChI=1S/C2H7NO3S.Na.H/c1-2-6-7(3,4)5;;/h2H2,1H3,(H2,3,4,5);;. The van der Waals surface area contributed by atoms with Gasteiger partial charge in [0.25, 0.3) is 0 Å². The van der Waals surface area contributed by atoms with Gasteiger partial charge >= 0.3 is 39.9 Å². The molecule has 4 nitrogen and oxygen atoms in total. The van der Waals surface area contributed by atoms with Crippen LogP contribution in [-0.2, 0) is 14.5 Å². The summed E-state index contributed by atoms with van der Waals surface area (Å²) in [5, 5.41) is 4.40. The van der Waals surface area contributed by atoms with Crippen LogP contribution in [0.25, 0.3) is 0 Å². The predicted octanol–water partition coefficient (Wildman–Crippen LogP) is -1.42. The SMILES string of the molecule is CCOS(N)(=O)=O.[NaH]. The molecule has 0 unspecified atom stereocenters. The first-order valence-corrected chi connectivity index (χ1v) is 3.20. The Balaban J connectivity index is 0. The minimum atomic E-state index is -3.67. The van der Waals surface area contributed by atoms with Gasteiger partial charge in [-0.05, 0) is 6.92 Å². The number of nitrogens with two attached hydrogens (primary N) is 1. The fourth-order valence-corrected chi connectivity index (χ4v) is 0.493. The second-order valence-electron chi connectivity index (χ2n) is 0.899. The van der Waals surface area contributed by atoms with E-state index in [1.807, 2.05) is 0 Å². The monoisotopic (exact) mass is 149 g/mol. The van der Waals surface area contributed by atoms with Gasteiger partial charge in [-0.2, -0.15) is 8.42 Å². The quantitative estimate of drug-likeness (QED) is 0.490. The average Bonchev–Trinajstić information content (AvgIpc) is 1.30. The van der Waals surface area contributed by atoms with E-state index in [1.54, 1.807) is 6.92 Å². The molecule has 0 atom stereocenters. The van der Waals surface area contributed by atoms with E-state index in [2.05, 4.69) is 9.32 Å². The molecule has 0 amide bonds. The molecule has 46 valence electrons. The summed E-state index contributed by atoms with van der Waals surface area (Å²) in [5.41, 5.74) is 0. The van der Waals surface area contributed by atoms with E-state index < -0.39 is 10.3 Å². The third kappa shape index (κ3) is 9.98. The molecule has 8 heavy (non-hydrogen) atoms. The van der Waals surface area contributed by atoms with Gasteiger partial charge in [0.2, 0.25) is 0 Å². The third-order valence-corrected chi connectivity index (χ3v) is 0.846. The molecule has 0 rings (SSSR count). The first kappa shape index (κ1) is 11.6. The molecule has 2 N–H and O–H groups in total. The first-order valence-electron chi connectivity index (χ1n) is 1.73. The second kappa shape index (κ2) is 4.72. The molecular weight excluding hydrogens is 141 g/mol.